The van der Waals surface area contributed by atoms with Gasteiger partial charge in [-0.25, -0.2) is 4.98 Å². The van der Waals surface area contributed by atoms with Crippen LogP contribution in [0.25, 0.3) is 0 Å². The minimum absolute atomic E-state index is 0.299. The zero-order valence-corrected chi connectivity index (χ0v) is 10.6. The molecule has 0 N–H and O–H groups in total. The fourth-order valence-electron chi connectivity index (χ4n) is 1.31. The first-order chi connectivity index (χ1) is 8.20. The third-order valence-corrected chi connectivity index (χ3v) is 2.56. The van der Waals surface area contributed by atoms with Gasteiger partial charge in [-0.15, -0.1) is 0 Å². The van der Waals surface area contributed by atoms with Crippen LogP contribution in [0.15, 0.2) is 35.2 Å². The summed E-state index contributed by atoms with van der Waals surface area (Å²) in [7, 11) is 0. The first-order valence-corrected chi connectivity index (χ1v) is 5.64. The molecule has 0 spiro atoms. The summed E-state index contributed by atoms with van der Waals surface area (Å²) >= 11 is 3.30. The lowest BCUT2D eigenvalue weighted by Gasteiger charge is -2.07. The van der Waals surface area contributed by atoms with Gasteiger partial charge < -0.3 is 4.74 Å². The molecule has 2 rings (SSSR count). The predicted octanol–water partition coefficient (Wildman–Crippen LogP) is 3.21. The lowest BCUT2D eigenvalue weighted by Crippen LogP contribution is -1.94. The van der Waals surface area contributed by atoms with Gasteiger partial charge in [0.05, 0.1) is 6.20 Å². The fourth-order valence-corrected chi connectivity index (χ4v) is 1.65. The Hall–Kier alpha value is -1.93. The van der Waals surface area contributed by atoms with Gasteiger partial charge in [-0.2, -0.15) is 5.26 Å². The number of hydrogen-bond acceptors (Lipinski definition) is 4. The van der Waals surface area contributed by atoms with Crippen molar-refractivity contribution in [2.75, 3.05) is 0 Å². The van der Waals surface area contributed by atoms with Crippen LogP contribution in [-0.4, -0.2) is 9.97 Å². The lowest BCUT2D eigenvalue weighted by atomic mass is 10.2. The molecule has 17 heavy (non-hydrogen) atoms. The van der Waals surface area contributed by atoms with E-state index in [1.807, 2.05) is 6.92 Å². The van der Waals surface area contributed by atoms with Gasteiger partial charge in [0.25, 0.3) is 0 Å². The van der Waals surface area contributed by atoms with Gasteiger partial charge >= 0.3 is 0 Å². The molecular weight excluding hydrogens is 282 g/mol. The first kappa shape index (κ1) is 11.6. The maximum Gasteiger partial charge on any atom is 0.237 e. The van der Waals surface area contributed by atoms with E-state index in [1.165, 1.54) is 0 Å². The van der Waals surface area contributed by atoms with Gasteiger partial charge in [0, 0.05) is 16.9 Å². The molecule has 0 saturated carbocycles. The van der Waals surface area contributed by atoms with Crippen molar-refractivity contribution < 1.29 is 4.74 Å². The van der Waals surface area contributed by atoms with Crippen LogP contribution in [-0.2, 0) is 0 Å². The molecule has 5 heteroatoms. The third-order valence-electron chi connectivity index (χ3n) is 2.13. The van der Waals surface area contributed by atoms with Gasteiger partial charge in [0.2, 0.25) is 5.88 Å². The average molecular weight is 290 g/mol. The molecular formula is C12H8BrN3O. The van der Waals surface area contributed by atoms with Crippen molar-refractivity contribution in [3.8, 4) is 17.7 Å². The highest BCUT2D eigenvalue weighted by molar-refractivity contribution is 9.10. The summed E-state index contributed by atoms with van der Waals surface area (Å²) < 4.78 is 6.34. The maximum absolute atomic E-state index is 9.04. The number of aromatic nitrogens is 2. The molecule has 0 atom stereocenters. The van der Waals surface area contributed by atoms with E-state index in [2.05, 4.69) is 32.0 Å². The molecule has 84 valence electrons. The van der Waals surface area contributed by atoms with E-state index in [4.69, 9.17) is 10.00 Å². The Morgan fingerprint density at radius 3 is 2.94 bits per heavy atom. The van der Waals surface area contributed by atoms with Gasteiger partial charge in [0.1, 0.15) is 17.4 Å². The molecule has 0 saturated heterocycles. The number of ether oxygens (including phenoxy) is 1. The molecule has 0 fully saturated rings. The molecule has 2 aromatic heterocycles. The number of halogens is 1. The average Bonchev–Trinajstić information content (AvgIpc) is 2.29. The van der Waals surface area contributed by atoms with Gasteiger partial charge in [0.15, 0.2) is 0 Å². The Morgan fingerprint density at radius 1 is 1.41 bits per heavy atom. The Labute approximate surface area is 107 Å². The fraction of sp³-hybridized carbons (Fsp3) is 0.0833. The van der Waals surface area contributed by atoms with Crippen molar-refractivity contribution in [3.05, 3.63) is 46.3 Å². The molecule has 2 aromatic rings. The standard InChI is InChI=1S/C12H8BrN3O/c1-8-2-3-16-12(11(8)5-14)17-10-4-9(13)6-15-7-10/h2-4,6-7H,1H3. The van der Waals surface area contributed by atoms with Crippen LogP contribution in [0.5, 0.6) is 11.6 Å². The minimum Gasteiger partial charge on any atom is -0.436 e. The summed E-state index contributed by atoms with van der Waals surface area (Å²) in [6, 6.07) is 5.61. The number of nitrogens with zero attached hydrogens (tertiary/aromatic N) is 3. The zero-order valence-electron chi connectivity index (χ0n) is 9.01. The molecule has 0 bridgehead atoms. The summed E-state index contributed by atoms with van der Waals surface area (Å²) in [5, 5.41) is 9.04. The monoisotopic (exact) mass is 289 g/mol. The lowest BCUT2D eigenvalue weighted by molar-refractivity contribution is 0.458. The summed E-state index contributed by atoms with van der Waals surface area (Å²) in [5.74, 6) is 0.835. The summed E-state index contributed by atoms with van der Waals surface area (Å²) in [5.41, 5.74) is 1.27. The van der Waals surface area contributed by atoms with Crippen LogP contribution in [0.2, 0.25) is 0 Å². The highest BCUT2D eigenvalue weighted by atomic mass is 79.9. The van der Waals surface area contributed by atoms with Crippen LogP contribution in [0, 0.1) is 18.3 Å². The number of pyridine rings is 2. The first-order valence-electron chi connectivity index (χ1n) is 4.85. The Bertz CT molecular complexity index is 593. The second-order valence-electron chi connectivity index (χ2n) is 3.36. The molecule has 0 aliphatic heterocycles. The van der Waals surface area contributed by atoms with Gasteiger partial charge in [-0.05, 0) is 40.5 Å². The molecule has 0 aliphatic rings. The van der Waals surface area contributed by atoms with E-state index in [1.54, 1.807) is 30.7 Å². The van der Waals surface area contributed by atoms with Crippen molar-refractivity contribution in [1.82, 2.24) is 9.97 Å². The zero-order chi connectivity index (χ0) is 12.3. The topological polar surface area (TPSA) is 58.8 Å². The second-order valence-corrected chi connectivity index (χ2v) is 4.28. The van der Waals surface area contributed by atoms with E-state index in [0.717, 1.165) is 10.0 Å². The highest BCUT2D eigenvalue weighted by Gasteiger charge is 2.09. The molecule has 4 nitrogen and oxygen atoms in total. The largest absolute Gasteiger partial charge is 0.436 e. The molecule has 0 unspecified atom stereocenters. The normalized spacial score (nSPS) is 9.71. The molecule has 0 aliphatic carbocycles. The number of aryl methyl sites for hydroxylation is 1. The Morgan fingerprint density at radius 2 is 2.24 bits per heavy atom. The van der Waals surface area contributed by atoms with Crippen LogP contribution in [0.3, 0.4) is 0 Å². The molecule has 0 aromatic carbocycles. The molecule has 2 heterocycles. The maximum atomic E-state index is 9.04. The molecule has 0 radical (unpaired) electrons. The third kappa shape index (κ3) is 2.60. The van der Waals surface area contributed by atoms with E-state index < -0.39 is 0 Å². The summed E-state index contributed by atoms with van der Waals surface area (Å²) in [6.45, 7) is 1.84. The number of rotatable bonds is 2. The quantitative estimate of drug-likeness (QED) is 0.852. The Kier molecular flexibility index (Phi) is 3.35. The number of nitriles is 1. The van der Waals surface area contributed by atoms with E-state index >= 15 is 0 Å². The molecule has 0 amide bonds. The van der Waals surface area contributed by atoms with Crippen LogP contribution in [0.1, 0.15) is 11.1 Å². The van der Waals surface area contributed by atoms with Crippen LogP contribution < -0.4 is 4.74 Å². The van der Waals surface area contributed by atoms with Gasteiger partial charge in [-0.1, -0.05) is 0 Å². The Balaban J connectivity index is 2.37. The van der Waals surface area contributed by atoms with Crippen molar-refractivity contribution >= 4 is 15.9 Å². The van der Waals surface area contributed by atoms with Crippen molar-refractivity contribution in [2.45, 2.75) is 6.92 Å². The predicted molar refractivity (Wildman–Crippen MR) is 65.7 cm³/mol. The van der Waals surface area contributed by atoms with Crippen molar-refractivity contribution in [3.63, 3.8) is 0 Å². The highest BCUT2D eigenvalue weighted by Crippen LogP contribution is 2.25. The van der Waals surface area contributed by atoms with Gasteiger partial charge in [-0.3, -0.25) is 4.98 Å². The minimum atomic E-state index is 0.299. The van der Waals surface area contributed by atoms with Crippen molar-refractivity contribution in [2.24, 2.45) is 0 Å². The van der Waals surface area contributed by atoms with Crippen LogP contribution >= 0.6 is 15.9 Å². The van der Waals surface area contributed by atoms with E-state index in [-0.39, 0.29) is 0 Å². The summed E-state index contributed by atoms with van der Waals surface area (Å²) in [4.78, 5) is 8.02. The number of hydrogen-bond donors (Lipinski definition) is 0. The summed E-state index contributed by atoms with van der Waals surface area (Å²) in [6.07, 6.45) is 4.83. The van der Waals surface area contributed by atoms with E-state index in [9.17, 15) is 0 Å². The second kappa shape index (κ2) is 4.93. The smallest absolute Gasteiger partial charge is 0.237 e. The van der Waals surface area contributed by atoms with Crippen LogP contribution in [0.4, 0.5) is 0 Å². The van der Waals surface area contributed by atoms with E-state index in [0.29, 0.717) is 17.2 Å². The van der Waals surface area contributed by atoms with Crippen molar-refractivity contribution in [1.29, 1.82) is 5.26 Å². The SMILES string of the molecule is Cc1ccnc(Oc2cncc(Br)c2)c1C#N.